The Kier molecular flexibility index (Phi) is 4.67. The van der Waals surface area contributed by atoms with Crippen molar-refractivity contribution in [3.05, 3.63) is 70.0 Å². The Morgan fingerprint density at radius 1 is 1.32 bits per heavy atom. The first-order valence-electron chi connectivity index (χ1n) is 7.77. The number of nitrogens with zero attached hydrogens (tertiary/aromatic N) is 2. The van der Waals surface area contributed by atoms with Gasteiger partial charge in [-0.2, -0.15) is 0 Å². The molecule has 1 amide bonds. The standard InChI is InChI=1S/C18H19N5OS/c1-11-9-15(12(2)23(11)18-21-7-8-25-18)17(24)22-10-13-3-5-14(6-4-13)16(19)20/h3-9H,10H2,1-2H3,(H3,19,20)(H,22,24). The van der Waals surface area contributed by atoms with Crippen LogP contribution < -0.4 is 11.1 Å². The minimum absolute atomic E-state index is 0.0326. The van der Waals surface area contributed by atoms with E-state index in [2.05, 4.69) is 10.3 Å². The van der Waals surface area contributed by atoms with Crippen molar-refractivity contribution in [2.24, 2.45) is 5.73 Å². The average Bonchev–Trinajstić information content (AvgIpc) is 3.21. The van der Waals surface area contributed by atoms with Crippen molar-refractivity contribution in [1.82, 2.24) is 14.9 Å². The van der Waals surface area contributed by atoms with Gasteiger partial charge in [-0.1, -0.05) is 24.3 Å². The summed E-state index contributed by atoms with van der Waals surface area (Å²) in [4.78, 5) is 16.9. The van der Waals surface area contributed by atoms with Crippen molar-refractivity contribution in [3.63, 3.8) is 0 Å². The number of carbonyl (C=O) groups excluding carboxylic acids is 1. The van der Waals surface area contributed by atoms with E-state index >= 15 is 0 Å². The number of hydrogen-bond donors (Lipinski definition) is 3. The number of nitrogen functional groups attached to an aromatic ring is 1. The van der Waals surface area contributed by atoms with Gasteiger partial charge in [0, 0.05) is 35.1 Å². The summed E-state index contributed by atoms with van der Waals surface area (Å²) in [5, 5.41) is 13.1. The minimum Gasteiger partial charge on any atom is -0.384 e. The lowest BCUT2D eigenvalue weighted by atomic mass is 10.1. The molecule has 0 radical (unpaired) electrons. The smallest absolute Gasteiger partial charge is 0.253 e. The van der Waals surface area contributed by atoms with Crippen molar-refractivity contribution in [1.29, 1.82) is 5.41 Å². The fourth-order valence-electron chi connectivity index (χ4n) is 2.69. The lowest BCUT2D eigenvalue weighted by Gasteiger charge is -2.07. The summed E-state index contributed by atoms with van der Waals surface area (Å²) in [6, 6.07) is 9.15. The zero-order valence-corrected chi connectivity index (χ0v) is 14.9. The lowest BCUT2D eigenvalue weighted by molar-refractivity contribution is 0.0950. The Hall–Kier alpha value is -2.93. The summed E-state index contributed by atoms with van der Waals surface area (Å²) in [6.07, 6.45) is 1.75. The molecule has 128 valence electrons. The van der Waals surface area contributed by atoms with E-state index < -0.39 is 0 Å². The van der Waals surface area contributed by atoms with Crippen LogP contribution >= 0.6 is 11.3 Å². The molecule has 6 nitrogen and oxygen atoms in total. The normalized spacial score (nSPS) is 10.6. The Morgan fingerprint density at radius 3 is 2.64 bits per heavy atom. The first-order chi connectivity index (χ1) is 12.0. The predicted molar refractivity (Wildman–Crippen MR) is 99.5 cm³/mol. The maximum Gasteiger partial charge on any atom is 0.253 e. The number of carbonyl (C=O) groups is 1. The summed E-state index contributed by atoms with van der Waals surface area (Å²) < 4.78 is 1.99. The molecule has 0 saturated heterocycles. The maximum atomic E-state index is 12.6. The van der Waals surface area contributed by atoms with Gasteiger partial charge in [-0.15, -0.1) is 11.3 Å². The van der Waals surface area contributed by atoms with Crippen LogP contribution in [0.25, 0.3) is 5.13 Å². The van der Waals surface area contributed by atoms with Crippen LogP contribution in [0.4, 0.5) is 0 Å². The molecule has 2 aromatic heterocycles. The number of amidine groups is 1. The zero-order chi connectivity index (χ0) is 18.0. The molecular weight excluding hydrogens is 334 g/mol. The topological polar surface area (TPSA) is 96.8 Å². The molecule has 0 atom stereocenters. The Morgan fingerprint density at radius 2 is 2.04 bits per heavy atom. The van der Waals surface area contributed by atoms with E-state index in [-0.39, 0.29) is 11.7 Å². The van der Waals surface area contributed by atoms with Gasteiger partial charge in [0.15, 0.2) is 5.13 Å². The molecule has 4 N–H and O–H groups in total. The van der Waals surface area contributed by atoms with Gasteiger partial charge in [0.25, 0.3) is 5.91 Å². The number of hydrogen-bond acceptors (Lipinski definition) is 4. The molecule has 25 heavy (non-hydrogen) atoms. The number of benzene rings is 1. The second-order valence-electron chi connectivity index (χ2n) is 5.73. The van der Waals surface area contributed by atoms with Gasteiger partial charge in [0.2, 0.25) is 0 Å². The molecule has 0 aliphatic heterocycles. The highest BCUT2D eigenvalue weighted by Gasteiger charge is 2.17. The van der Waals surface area contributed by atoms with Crippen LogP contribution in [0.1, 0.15) is 32.9 Å². The summed E-state index contributed by atoms with van der Waals surface area (Å²) in [5.74, 6) is -0.0863. The first kappa shape index (κ1) is 16.9. The molecule has 3 aromatic rings. The van der Waals surface area contributed by atoms with Crippen LogP contribution in [-0.2, 0) is 6.54 Å². The quantitative estimate of drug-likeness (QED) is 0.486. The number of nitrogens with one attached hydrogen (secondary N) is 2. The van der Waals surface area contributed by atoms with E-state index in [1.54, 1.807) is 18.3 Å². The van der Waals surface area contributed by atoms with Gasteiger partial charge < -0.3 is 11.1 Å². The highest BCUT2D eigenvalue weighted by atomic mass is 32.1. The second-order valence-corrected chi connectivity index (χ2v) is 6.60. The SMILES string of the molecule is Cc1cc(C(=O)NCc2ccc(C(=N)N)cc2)c(C)n1-c1nccs1. The average molecular weight is 353 g/mol. The number of rotatable bonds is 5. The van der Waals surface area contributed by atoms with Crippen molar-refractivity contribution >= 4 is 23.1 Å². The van der Waals surface area contributed by atoms with E-state index in [9.17, 15) is 4.79 Å². The van der Waals surface area contributed by atoms with E-state index in [0.29, 0.717) is 17.7 Å². The van der Waals surface area contributed by atoms with Gasteiger partial charge in [0.05, 0.1) is 5.56 Å². The molecule has 0 bridgehead atoms. The third kappa shape index (κ3) is 3.46. The molecule has 0 spiro atoms. The molecule has 0 unspecified atom stereocenters. The fourth-order valence-corrected chi connectivity index (χ4v) is 3.44. The number of amides is 1. The molecule has 0 saturated carbocycles. The highest BCUT2D eigenvalue weighted by Crippen LogP contribution is 2.22. The zero-order valence-electron chi connectivity index (χ0n) is 14.0. The molecule has 7 heteroatoms. The molecular formula is C18H19N5OS. The predicted octanol–water partition coefficient (Wildman–Crippen LogP) is 2.76. The maximum absolute atomic E-state index is 12.6. The number of thiazole rings is 1. The molecule has 0 aliphatic rings. The van der Waals surface area contributed by atoms with Crippen molar-refractivity contribution in [2.75, 3.05) is 0 Å². The van der Waals surface area contributed by atoms with Crippen molar-refractivity contribution in [2.45, 2.75) is 20.4 Å². The molecule has 0 fully saturated rings. The molecule has 0 aliphatic carbocycles. The van der Waals surface area contributed by atoms with Crippen LogP contribution in [0, 0.1) is 19.3 Å². The largest absolute Gasteiger partial charge is 0.384 e. The highest BCUT2D eigenvalue weighted by molar-refractivity contribution is 7.12. The Labute approximate surface area is 149 Å². The van der Waals surface area contributed by atoms with E-state index in [1.807, 2.05) is 42.0 Å². The summed E-state index contributed by atoms with van der Waals surface area (Å²) >= 11 is 1.54. The third-order valence-corrected chi connectivity index (χ3v) is 4.76. The Balaban J connectivity index is 1.74. The summed E-state index contributed by atoms with van der Waals surface area (Å²) in [6.45, 7) is 4.30. The Bertz CT molecular complexity index is 910. The van der Waals surface area contributed by atoms with Gasteiger partial charge in [-0.3, -0.25) is 14.8 Å². The third-order valence-electron chi connectivity index (χ3n) is 4.00. The van der Waals surface area contributed by atoms with E-state index in [4.69, 9.17) is 11.1 Å². The van der Waals surface area contributed by atoms with Gasteiger partial charge in [0.1, 0.15) is 5.84 Å². The van der Waals surface area contributed by atoms with E-state index in [1.165, 1.54) is 11.3 Å². The van der Waals surface area contributed by atoms with E-state index in [0.717, 1.165) is 22.1 Å². The van der Waals surface area contributed by atoms with Crippen LogP contribution in [0.15, 0.2) is 41.9 Å². The van der Waals surface area contributed by atoms with Gasteiger partial charge in [-0.05, 0) is 25.5 Å². The first-order valence-corrected chi connectivity index (χ1v) is 8.65. The van der Waals surface area contributed by atoms with Gasteiger partial charge >= 0.3 is 0 Å². The van der Waals surface area contributed by atoms with Crippen LogP contribution in [0.3, 0.4) is 0 Å². The number of aromatic nitrogens is 2. The molecule has 3 rings (SSSR count). The number of aryl methyl sites for hydroxylation is 1. The minimum atomic E-state index is -0.119. The summed E-state index contributed by atoms with van der Waals surface area (Å²) in [7, 11) is 0. The van der Waals surface area contributed by atoms with Crippen LogP contribution in [0.5, 0.6) is 0 Å². The summed E-state index contributed by atoms with van der Waals surface area (Å²) in [5.41, 5.74) is 9.56. The number of nitrogens with two attached hydrogens (primary N) is 1. The monoisotopic (exact) mass is 353 g/mol. The van der Waals surface area contributed by atoms with Gasteiger partial charge in [-0.25, -0.2) is 4.98 Å². The van der Waals surface area contributed by atoms with Crippen molar-refractivity contribution in [3.8, 4) is 5.13 Å². The second kappa shape index (κ2) is 6.90. The molecule has 1 aromatic carbocycles. The van der Waals surface area contributed by atoms with Crippen LogP contribution in [-0.4, -0.2) is 21.3 Å². The van der Waals surface area contributed by atoms with Crippen molar-refractivity contribution < 1.29 is 4.79 Å². The fraction of sp³-hybridized carbons (Fsp3) is 0.167. The molecule has 2 heterocycles. The lowest BCUT2D eigenvalue weighted by Crippen LogP contribution is -2.23. The van der Waals surface area contributed by atoms with Crippen LogP contribution in [0.2, 0.25) is 0 Å².